The van der Waals surface area contributed by atoms with Gasteiger partial charge >= 0.3 is 5.97 Å². The highest BCUT2D eigenvalue weighted by atomic mass is 19.1. The number of carbonyl (C=O) groups is 2. The Labute approximate surface area is 163 Å². The number of carbonyl (C=O) groups excluding carboxylic acids is 2. The zero-order valence-electron chi connectivity index (χ0n) is 16.0. The van der Waals surface area contributed by atoms with Crippen molar-refractivity contribution in [3.63, 3.8) is 0 Å². The minimum absolute atomic E-state index is 0.187. The van der Waals surface area contributed by atoms with Gasteiger partial charge in [0.15, 0.2) is 18.1 Å². The van der Waals surface area contributed by atoms with Crippen molar-refractivity contribution in [2.75, 3.05) is 26.4 Å². The predicted octanol–water partition coefficient (Wildman–Crippen LogP) is 3.14. The van der Waals surface area contributed by atoms with E-state index in [1.807, 2.05) is 32.0 Å². The summed E-state index contributed by atoms with van der Waals surface area (Å²) in [6.45, 7) is 4.86. The van der Waals surface area contributed by atoms with E-state index in [0.29, 0.717) is 37.7 Å². The topological polar surface area (TPSA) is 73.9 Å². The number of ether oxygens (including phenoxy) is 3. The third-order valence-corrected chi connectivity index (χ3v) is 3.76. The summed E-state index contributed by atoms with van der Waals surface area (Å²) in [6, 6.07) is 10.6. The summed E-state index contributed by atoms with van der Waals surface area (Å²) in [4.78, 5) is 23.6. The summed E-state index contributed by atoms with van der Waals surface area (Å²) in [5.41, 5.74) is 1.17. The molecule has 2 aromatic carbocycles. The fourth-order valence-electron chi connectivity index (χ4n) is 2.45. The van der Waals surface area contributed by atoms with Crippen LogP contribution in [0.3, 0.4) is 0 Å². The third-order valence-electron chi connectivity index (χ3n) is 3.76. The average molecular weight is 389 g/mol. The van der Waals surface area contributed by atoms with E-state index in [0.717, 1.165) is 17.7 Å². The van der Waals surface area contributed by atoms with E-state index >= 15 is 0 Å². The van der Waals surface area contributed by atoms with E-state index in [-0.39, 0.29) is 5.56 Å². The highest BCUT2D eigenvalue weighted by Gasteiger charge is 2.11. The molecule has 0 spiro atoms. The molecule has 6 nitrogen and oxygen atoms in total. The molecule has 0 saturated carbocycles. The fraction of sp³-hybridized carbons (Fsp3) is 0.333. The standard InChI is InChI=1S/C21H24FNO5/c1-3-26-18-10-5-15(13-19(18)27-4-2)11-12-23-20(24)14-28-21(25)16-6-8-17(22)9-7-16/h5-10,13H,3-4,11-12,14H2,1-2H3,(H,23,24). The van der Waals surface area contributed by atoms with Gasteiger partial charge in [-0.25, -0.2) is 9.18 Å². The molecule has 2 rings (SSSR count). The fourth-order valence-corrected chi connectivity index (χ4v) is 2.45. The molecule has 0 aromatic heterocycles. The molecule has 0 aliphatic heterocycles. The highest BCUT2D eigenvalue weighted by Crippen LogP contribution is 2.28. The maximum Gasteiger partial charge on any atom is 0.338 e. The van der Waals surface area contributed by atoms with Gasteiger partial charge in [-0.15, -0.1) is 0 Å². The first-order chi connectivity index (χ1) is 13.5. The van der Waals surface area contributed by atoms with Crippen LogP contribution in [0.15, 0.2) is 42.5 Å². The molecule has 0 bridgehead atoms. The van der Waals surface area contributed by atoms with E-state index in [9.17, 15) is 14.0 Å². The maximum atomic E-state index is 12.8. The normalized spacial score (nSPS) is 10.2. The molecule has 150 valence electrons. The van der Waals surface area contributed by atoms with Crippen LogP contribution in [0.2, 0.25) is 0 Å². The molecule has 7 heteroatoms. The molecule has 0 saturated heterocycles. The lowest BCUT2D eigenvalue weighted by Crippen LogP contribution is -2.30. The van der Waals surface area contributed by atoms with Gasteiger partial charge < -0.3 is 19.5 Å². The summed E-state index contributed by atoms with van der Waals surface area (Å²) >= 11 is 0. The Morgan fingerprint density at radius 3 is 2.32 bits per heavy atom. The third kappa shape index (κ3) is 6.57. The molecular weight excluding hydrogens is 365 g/mol. The first-order valence-electron chi connectivity index (χ1n) is 9.11. The first kappa shape index (κ1) is 21.2. The molecule has 28 heavy (non-hydrogen) atoms. The molecule has 0 unspecified atom stereocenters. The van der Waals surface area contributed by atoms with Crippen LogP contribution in [0.5, 0.6) is 11.5 Å². The highest BCUT2D eigenvalue weighted by molar-refractivity contribution is 5.91. The van der Waals surface area contributed by atoms with E-state index < -0.39 is 24.3 Å². The molecule has 0 heterocycles. The van der Waals surface area contributed by atoms with Gasteiger partial charge in [-0.2, -0.15) is 0 Å². The minimum atomic E-state index is -0.678. The molecular formula is C21H24FNO5. The number of nitrogens with one attached hydrogen (secondary N) is 1. The smallest absolute Gasteiger partial charge is 0.338 e. The second kappa shape index (κ2) is 10.9. The number of rotatable bonds is 10. The van der Waals surface area contributed by atoms with E-state index in [1.165, 1.54) is 12.1 Å². The van der Waals surface area contributed by atoms with Gasteiger partial charge in [-0.05, 0) is 62.2 Å². The molecule has 0 fully saturated rings. The van der Waals surface area contributed by atoms with Gasteiger partial charge in [0.05, 0.1) is 18.8 Å². The Balaban J connectivity index is 1.77. The van der Waals surface area contributed by atoms with Gasteiger partial charge in [0, 0.05) is 6.54 Å². The second-order valence-corrected chi connectivity index (χ2v) is 5.83. The van der Waals surface area contributed by atoms with Crippen molar-refractivity contribution in [1.82, 2.24) is 5.32 Å². The molecule has 2 aromatic rings. The largest absolute Gasteiger partial charge is 0.490 e. The minimum Gasteiger partial charge on any atom is -0.490 e. The van der Waals surface area contributed by atoms with Gasteiger partial charge in [-0.3, -0.25) is 4.79 Å². The summed E-state index contributed by atoms with van der Waals surface area (Å²) in [5, 5.41) is 2.69. The Kier molecular flexibility index (Phi) is 8.27. The molecule has 1 N–H and O–H groups in total. The van der Waals surface area contributed by atoms with Crippen molar-refractivity contribution < 1.29 is 28.2 Å². The molecule has 0 atom stereocenters. The van der Waals surface area contributed by atoms with Crippen molar-refractivity contribution in [3.05, 3.63) is 59.4 Å². The Hall–Kier alpha value is -3.09. The Bertz CT molecular complexity index is 792. The first-order valence-corrected chi connectivity index (χ1v) is 9.11. The number of hydrogen-bond donors (Lipinski definition) is 1. The van der Waals surface area contributed by atoms with Crippen molar-refractivity contribution in [2.24, 2.45) is 0 Å². The van der Waals surface area contributed by atoms with E-state index in [1.54, 1.807) is 0 Å². The lowest BCUT2D eigenvalue weighted by Gasteiger charge is -2.12. The molecule has 0 aliphatic rings. The Morgan fingerprint density at radius 2 is 1.64 bits per heavy atom. The number of halogens is 1. The van der Waals surface area contributed by atoms with Crippen LogP contribution >= 0.6 is 0 Å². The lowest BCUT2D eigenvalue weighted by atomic mass is 10.1. The summed E-state index contributed by atoms with van der Waals surface area (Å²) < 4.78 is 28.9. The van der Waals surface area contributed by atoms with Crippen LogP contribution in [-0.4, -0.2) is 38.2 Å². The number of hydrogen-bond acceptors (Lipinski definition) is 5. The van der Waals surface area contributed by atoms with E-state index in [4.69, 9.17) is 14.2 Å². The van der Waals surface area contributed by atoms with Gasteiger partial charge in [0.1, 0.15) is 5.82 Å². The van der Waals surface area contributed by atoms with Crippen LogP contribution in [0.1, 0.15) is 29.8 Å². The SMILES string of the molecule is CCOc1ccc(CCNC(=O)COC(=O)c2ccc(F)cc2)cc1OCC. The van der Waals surface area contributed by atoms with Gasteiger partial charge in [0.2, 0.25) is 0 Å². The van der Waals surface area contributed by atoms with E-state index in [2.05, 4.69) is 5.32 Å². The quantitative estimate of drug-likeness (QED) is 0.632. The number of benzene rings is 2. The zero-order valence-corrected chi connectivity index (χ0v) is 16.0. The van der Waals surface area contributed by atoms with Crippen molar-refractivity contribution in [1.29, 1.82) is 0 Å². The van der Waals surface area contributed by atoms with Gasteiger partial charge in [0.25, 0.3) is 5.91 Å². The van der Waals surface area contributed by atoms with Crippen LogP contribution in [0.4, 0.5) is 4.39 Å². The van der Waals surface area contributed by atoms with Crippen molar-refractivity contribution in [3.8, 4) is 11.5 Å². The van der Waals surface area contributed by atoms with Crippen LogP contribution in [0.25, 0.3) is 0 Å². The van der Waals surface area contributed by atoms with Crippen LogP contribution < -0.4 is 14.8 Å². The Morgan fingerprint density at radius 1 is 0.964 bits per heavy atom. The average Bonchev–Trinajstić information content (AvgIpc) is 2.69. The monoisotopic (exact) mass is 389 g/mol. The van der Waals surface area contributed by atoms with Crippen molar-refractivity contribution >= 4 is 11.9 Å². The lowest BCUT2D eigenvalue weighted by molar-refractivity contribution is -0.124. The van der Waals surface area contributed by atoms with Crippen molar-refractivity contribution in [2.45, 2.75) is 20.3 Å². The number of esters is 1. The summed E-state index contributed by atoms with van der Waals surface area (Å²) in [7, 11) is 0. The number of amides is 1. The summed E-state index contributed by atoms with van der Waals surface area (Å²) in [5.74, 6) is -0.184. The molecule has 1 amide bonds. The van der Waals surface area contributed by atoms with Crippen LogP contribution in [-0.2, 0) is 16.0 Å². The van der Waals surface area contributed by atoms with Crippen LogP contribution in [0, 0.1) is 5.82 Å². The molecule has 0 radical (unpaired) electrons. The molecule has 0 aliphatic carbocycles. The predicted molar refractivity (Wildman–Crippen MR) is 102 cm³/mol. The van der Waals surface area contributed by atoms with Gasteiger partial charge in [-0.1, -0.05) is 6.07 Å². The second-order valence-electron chi connectivity index (χ2n) is 5.83. The maximum absolute atomic E-state index is 12.8. The zero-order chi connectivity index (χ0) is 20.4. The summed E-state index contributed by atoms with van der Waals surface area (Å²) in [6.07, 6.45) is 0.587.